The van der Waals surface area contributed by atoms with Crippen LogP contribution in [-0.2, 0) is 0 Å². The second kappa shape index (κ2) is 6.90. The Bertz CT molecular complexity index is 634. The molecule has 0 aliphatic rings. The summed E-state index contributed by atoms with van der Waals surface area (Å²) in [5, 5.41) is 2.95. The molecule has 2 aromatic carbocycles. The summed E-state index contributed by atoms with van der Waals surface area (Å²) in [4.78, 5) is 12.3. The predicted molar refractivity (Wildman–Crippen MR) is 92.0 cm³/mol. The van der Waals surface area contributed by atoms with E-state index in [9.17, 15) is 4.79 Å². The van der Waals surface area contributed by atoms with Crippen LogP contribution in [0.5, 0.6) is 0 Å². The van der Waals surface area contributed by atoms with Gasteiger partial charge in [-0.1, -0.05) is 48.0 Å². The summed E-state index contributed by atoms with van der Waals surface area (Å²) in [7, 11) is 0. The maximum atomic E-state index is 12.3. The van der Waals surface area contributed by atoms with Gasteiger partial charge in [0.05, 0.1) is 0 Å². The lowest BCUT2D eigenvalue weighted by molar-refractivity contribution is 0.102. The van der Waals surface area contributed by atoms with E-state index in [1.165, 1.54) is 5.56 Å². The van der Waals surface area contributed by atoms with Crippen molar-refractivity contribution in [2.45, 2.75) is 33.1 Å². The third kappa shape index (κ3) is 3.94. The number of hydrogen-bond acceptors (Lipinski definition) is 1. The van der Waals surface area contributed by atoms with Crippen molar-refractivity contribution >= 4 is 27.5 Å². The zero-order valence-electron chi connectivity index (χ0n) is 12.6. The first-order valence-corrected chi connectivity index (χ1v) is 7.98. The average molecular weight is 346 g/mol. The smallest absolute Gasteiger partial charge is 0.255 e. The van der Waals surface area contributed by atoms with E-state index in [2.05, 4.69) is 47.2 Å². The lowest BCUT2D eigenvalue weighted by atomic mass is 9.98. The SMILES string of the molecule is CCC(C)c1ccc(NC(=O)c2cc(Br)ccc2C)cc1. The first-order chi connectivity index (χ1) is 10.0. The summed E-state index contributed by atoms with van der Waals surface area (Å²) in [5.74, 6) is 0.465. The summed E-state index contributed by atoms with van der Waals surface area (Å²) in [6.07, 6.45) is 1.11. The number of benzene rings is 2. The van der Waals surface area contributed by atoms with Crippen molar-refractivity contribution in [3.63, 3.8) is 0 Å². The first-order valence-electron chi connectivity index (χ1n) is 7.18. The predicted octanol–water partition coefficient (Wildman–Crippen LogP) is 5.52. The molecule has 2 nitrogen and oxygen atoms in total. The zero-order valence-corrected chi connectivity index (χ0v) is 14.2. The minimum absolute atomic E-state index is 0.0786. The van der Waals surface area contributed by atoms with E-state index in [1.54, 1.807) is 0 Å². The number of carbonyl (C=O) groups excluding carboxylic acids is 1. The number of anilines is 1. The van der Waals surface area contributed by atoms with Gasteiger partial charge >= 0.3 is 0 Å². The number of halogens is 1. The highest BCUT2D eigenvalue weighted by atomic mass is 79.9. The lowest BCUT2D eigenvalue weighted by Crippen LogP contribution is -2.13. The van der Waals surface area contributed by atoms with Crippen LogP contribution in [0.2, 0.25) is 0 Å². The van der Waals surface area contributed by atoms with E-state index in [0.717, 1.165) is 22.1 Å². The zero-order chi connectivity index (χ0) is 15.4. The molecule has 1 unspecified atom stereocenters. The van der Waals surface area contributed by atoms with Gasteiger partial charge in [0.1, 0.15) is 0 Å². The molecule has 2 rings (SSSR count). The van der Waals surface area contributed by atoms with Crippen LogP contribution in [0.15, 0.2) is 46.9 Å². The second-order valence-corrected chi connectivity index (χ2v) is 6.26. The van der Waals surface area contributed by atoms with Crippen LogP contribution in [-0.4, -0.2) is 5.91 Å². The van der Waals surface area contributed by atoms with Crippen molar-refractivity contribution in [1.82, 2.24) is 0 Å². The molecule has 0 aliphatic carbocycles. The Kier molecular flexibility index (Phi) is 5.18. The molecule has 0 aromatic heterocycles. The highest BCUT2D eigenvalue weighted by Gasteiger charge is 2.10. The van der Waals surface area contributed by atoms with Crippen molar-refractivity contribution in [2.24, 2.45) is 0 Å². The number of hydrogen-bond donors (Lipinski definition) is 1. The number of nitrogens with one attached hydrogen (secondary N) is 1. The van der Waals surface area contributed by atoms with Gasteiger partial charge in [0.2, 0.25) is 0 Å². The topological polar surface area (TPSA) is 29.1 Å². The number of carbonyl (C=O) groups is 1. The third-order valence-corrected chi connectivity index (χ3v) is 4.29. The van der Waals surface area contributed by atoms with Crippen LogP contribution >= 0.6 is 15.9 Å². The van der Waals surface area contributed by atoms with E-state index >= 15 is 0 Å². The molecule has 1 amide bonds. The summed E-state index contributed by atoms with van der Waals surface area (Å²) in [6.45, 7) is 6.32. The van der Waals surface area contributed by atoms with Gasteiger partial charge in [0, 0.05) is 15.7 Å². The van der Waals surface area contributed by atoms with Gasteiger partial charge < -0.3 is 5.32 Å². The Balaban J connectivity index is 2.14. The van der Waals surface area contributed by atoms with Crippen LogP contribution in [0.3, 0.4) is 0 Å². The monoisotopic (exact) mass is 345 g/mol. The van der Waals surface area contributed by atoms with Crippen LogP contribution in [0.25, 0.3) is 0 Å². The maximum absolute atomic E-state index is 12.3. The highest BCUT2D eigenvalue weighted by molar-refractivity contribution is 9.10. The van der Waals surface area contributed by atoms with Crippen molar-refractivity contribution in [3.8, 4) is 0 Å². The van der Waals surface area contributed by atoms with Crippen LogP contribution in [0.4, 0.5) is 5.69 Å². The third-order valence-electron chi connectivity index (χ3n) is 3.79. The molecule has 0 spiro atoms. The Morgan fingerprint density at radius 2 is 1.86 bits per heavy atom. The molecule has 3 heteroatoms. The number of amides is 1. The van der Waals surface area contributed by atoms with E-state index in [0.29, 0.717) is 11.5 Å². The average Bonchev–Trinajstić information content (AvgIpc) is 2.49. The minimum atomic E-state index is -0.0786. The molecule has 0 saturated carbocycles. The van der Waals surface area contributed by atoms with E-state index in [1.807, 2.05) is 37.3 Å². The molecule has 0 saturated heterocycles. The van der Waals surface area contributed by atoms with Gasteiger partial charge in [-0.15, -0.1) is 0 Å². The molecule has 0 heterocycles. The molecule has 0 radical (unpaired) electrons. The van der Waals surface area contributed by atoms with E-state index in [4.69, 9.17) is 0 Å². The summed E-state index contributed by atoms with van der Waals surface area (Å²) in [6, 6.07) is 13.8. The van der Waals surface area contributed by atoms with Crippen molar-refractivity contribution in [2.75, 3.05) is 5.32 Å². The Hall–Kier alpha value is -1.61. The summed E-state index contributed by atoms with van der Waals surface area (Å²) >= 11 is 3.40. The molecule has 110 valence electrons. The second-order valence-electron chi connectivity index (χ2n) is 5.34. The van der Waals surface area contributed by atoms with Crippen LogP contribution < -0.4 is 5.32 Å². The van der Waals surface area contributed by atoms with Gasteiger partial charge in [0.15, 0.2) is 0 Å². The molecule has 1 atom stereocenters. The fourth-order valence-electron chi connectivity index (χ4n) is 2.17. The van der Waals surface area contributed by atoms with Crippen LogP contribution in [0, 0.1) is 6.92 Å². The molecule has 0 fully saturated rings. The summed E-state index contributed by atoms with van der Waals surface area (Å²) < 4.78 is 0.908. The van der Waals surface area contributed by atoms with Gasteiger partial charge in [-0.05, 0) is 54.7 Å². The Labute approximate surface area is 134 Å². The van der Waals surface area contributed by atoms with E-state index in [-0.39, 0.29) is 5.91 Å². The first kappa shape index (κ1) is 15.8. The largest absolute Gasteiger partial charge is 0.322 e. The fourth-order valence-corrected chi connectivity index (χ4v) is 2.53. The molecular formula is C18H20BrNO. The molecule has 0 aliphatic heterocycles. The molecule has 2 aromatic rings. The number of rotatable bonds is 4. The van der Waals surface area contributed by atoms with Gasteiger partial charge in [-0.25, -0.2) is 0 Å². The van der Waals surface area contributed by atoms with Gasteiger partial charge in [0.25, 0.3) is 5.91 Å². The Morgan fingerprint density at radius 3 is 2.48 bits per heavy atom. The highest BCUT2D eigenvalue weighted by Crippen LogP contribution is 2.22. The van der Waals surface area contributed by atoms with Crippen LogP contribution in [0.1, 0.15) is 47.7 Å². The van der Waals surface area contributed by atoms with Gasteiger partial charge in [-0.3, -0.25) is 4.79 Å². The van der Waals surface area contributed by atoms with Gasteiger partial charge in [-0.2, -0.15) is 0 Å². The van der Waals surface area contributed by atoms with Crippen molar-refractivity contribution in [1.29, 1.82) is 0 Å². The number of aryl methyl sites for hydroxylation is 1. The minimum Gasteiger partial charge on any atom is -0.322 e. The quantitative estimate of drug-likeness (QED) is 0.776. The maximum Gasteiger partial charge on any atom is 0.255 e. The normalized spacial score (nSPS) is 12.0. The molecular weight excluding hydrogens is 326 g/mol. The van der Waals surface area contributed by atoms with Crippen molar-refractivity contribution < 1.29 is 4.79 Å². The Morgan fingerprint density at radius 1 is 1.19 bits per heavy atom. The molecule has 1 N–H and O–H groups in total. The fraction of sp³-hybridized carbons (Fsp3) is 0.278. The lowest BCUT2D eigenvalue weighted by Gasteiger charge is -2.11. The van der Waals surface area contributed by atoms with Crippen molar-refractivity contribution in [3.05, 3.63) is 63.6 Å². The standard InChI is InChI=1S/C18H20BrNO/c1-4-12(2)14-6-9-16(10-7-14)20-18(21)17-11-15(19)8-5-13(17)3/h5-12H,4H2,1-3H3,(H,20,21). The molecule has 0 bridgehead atoms. The van der Waals surface area contributed by atoms with E-state index < -0.39 is 0 Å². The molecule has 21 heavy (non-hydrogen) atoms. The summed E-state index contributed by atoms with van der Waals surface area (Å²) in [5.41, 5.74) is 3.78.